The van der Waals surface area contributed by atoms with E-state index in [-0.39, 0.29) is 1.43 Å². The number of aliphatic carboxylic acids is 1. The summed E-state index contributed by atoms with van der Waals surface area (Å²) < 4.78 is -0.758. The average Bonchev–Trinajstić information content (AvgIpc) is 1.62. The van der Waals surface area contributed by atoms with E-state index < -0.39 is 16.8 Å². The first kappa shape index (κ1) is 8.78. The van der Waals surface area contributed by atoms with Gasteiger partial charge in [0.15, 0.2) is 0 Å². The van der Waals surface area contributed by atoms with Gasteiger partial charge in [-0.3, -0.25) is 4.79 Å². The molecule has 1 atom stereocenters. The predicted octanol–water partition coefficient (Wildman–Crippen LogP) is 0.487. The maximum atomic E-state index is 10.2. The molecule has 0 spiro atoms. The van der Waals surface area contributed by atoms with Gasteiger partial charge in [0.1, 0.15) is 6.04 Å². The fourth-order valence-electron chi connectivity index (χ4n) is 0.297. The second-order valence-corrected chi connectivity index (χ2v) is 3.47. The van der Waals surface area contributed by atoms with Crippen molar-refractivity contribution in [2.45, 2.75) is 24.6 Å². The fraction of sp³-hybridized carbons (Fsp3) is 0.800. The smallest absolute Gasteiger partial charge is 0.480 e. The maximum Gasteiger partial charge on any atom is 1.00 e. The first-order valence-corrected chi connectivity index (χ1v) is 2.95. The number of hydrogen-bond donors (Lipinski definition) is 2. The zero-order valence-corrected chi connectivity index (χ0v) is 6.23. The van der Waals surface area contributed by atoms with Crippen molar-refractivity contribution in [1.82, 2.24) is 0 Å². The molecule has 9 heavy (non-hydrogen) atoms. The quantitative estimate of drug-likeness (QED) is 0.600. The fourth-order valence-corrected chi connectivity index (χ4v) is 0.398. The van der Waals surface area contributed by atoms with Crippen molar-refractivity contribution in [2.75, 3.05) is 0 Å². The SMILES string of the molecule is CC(C)([S])[C@@H](N)C(=O)O.[H+]. The molecule has 0 saturated heterocycles. The van der Waals surface area contributed by atoms with Crippen LogP contribution in [0.25, 0.3) is 0 Å². The minimum absolute atomic E-state index is 0. The molecule has 0 aliphatic rings. The lowest BCUT2D eigenvalue weighted by Crippen LogP contribution is -2.45. The summed E-state index contributed by atoms with van der Waals surface area (Å²) in [7, 11) is 0. The van der Waals surface area contributed by atoms with Gasteiger partial charge in [0.2, 0.25) is 0 Å². The number of nitrogens with two attached hydrogens (primary N) is 1. The van der Waals surface area contributed by atoms with Crippen molar-refractivity contribution < 1.29 is 11.3 Å². The van der Waals surface area contributed by atoms with E-state index in [9.17, 15) is 4.79 Å². The van der Waals surface area contributed by atoms with E-state index >= 15 is 0 Å². The van der Waals surface area contributed by atoms with E-state index in [1.807, 2.05) is 0 Å². The molecular formula is C5H11NO2S+. The van der Waals surface area contributed by atoms with Crippen molar-refractivity contribution >= 4 is 18.6 Å². The highest BCUT2D eigenvalue weighted by molar-refractivity contribution is 7.81. The highest BCUT2D eigenvalue weighted by Gasteiger charge is 2.28. The first-order chi connectivity index (χ1) is 3.85. The van der Waals surface area contributed by atoms with Gasteiger partial charge in [0.25, 0.3) is 0 Å². The lowest BCUT2D eigenvalue weighted by Gasteiger charge is -2.20. The molecule has 0 heterocycles. The normalized spacial score (nSPS) is 15.1. The Balaban J connectivity index is 0. The van der Waals surface area contributed by atoms with Crippen LogP contribution in [-0.2, 0) is 4.79 Å². The Hall–Kier alpha value is -0.220. The third kappa shape index (κ3) is 2.72. The summed E-state index contributed by atoms with van der Waals surface area (Å²) >= 11 is 4.78. The molecule has 0 saturated carbocycles. The van der Waals surface area contributed by atoms with Gasteiger partial charge in [0, 0.05) is 4.75 Å². The predicted molar refractivity (Wildman–Crippen MR) is 38.4 cm³/mol. The minimum atomic E-state index is -1.05. The van der Waals surface area contributed by atoms with Gasteiger partial charge >= 0.3 is 7.40 Å². The van der Waals surface area contributed by atoms with Crippen LogP contribution in [0.15, 0.2) is 0 Å². The third-order valence-corrected chi connectivity index (χ3v) is 1.27. The highest BCUT2D eigenvalue weighted by atomic mass is 32.1. The Morgan fingerprint density at radius 1 is 1.89 bits per heavy atom. The molecule has 0 aromatic heterocycles. The number of carbonyl (C=O) groups is 1. The van der Waals surface area contributed by atoms with Crippen molar-refractivity contribution in [2.24, 2.45) is 5.73 Å². The number of rotatable bonds is 2. The van der Waals surface area contributed by atoms with Crippen LogP contribution in [0.1, 0.15) is 15.3 Å². The standard InChI is InChI=1S/C5H10NO2S/c1-5(2,9)3(6)4(7)8/h3H,6H2,1-2H3,(H,7,8)/p+1/t3-/m0/s1. The topological polar surface area (TPSA) is 63.3 Å². The molecule has 0 fully saturated rings. The Bertz CT molecular complexity index is 123. The van der Waals surface area contributed by atoms with E-state index in [2.05, 4.69) is 0 Å². The van der Waals surface area contributed by atoms with Crippen LogP contribution in [0.4, 0.5) is 0 Å². The summed E-state index contributed by atoms with van der Waals surface area (Å²) in [6.07, 6.45) is 0. The number of carboxylic acids is 1. The zero-order valence-electron chi connectivity index (χ0n) is 6.42. The maximum absolute atomic E-state index is 10.2. The van der Waals surface area contributed by atoms with Crippen LogP contribution in [0.5, 0.6) is 0 Å². The van der Waals surface area contributed by atoms with E-state index in [0.717, 1.165) is 0 Å². The molecule has 0 aromatic carbocycles. The molecule has 1 radical (unpaired) electrons. The molecular weight excluding hydrogens is 138 g/mol. The Morgan fingerprint density at radius 2 is 2.22 bits per heavy atom. The van der Waals surface area contributed by atoms with E-state index in [4.69, 9.17) is 23.5 Å². The van der Waals surface area contributed by atoms with Gasteiger partial charge in [-0.2, -0.15) is 0 Å². The molecule has 0 aliphatic carbocycles. The van der Waals surface area contributed by atoms with Crippen LogP contribution in [-0.4, -0.2) is 21.9 Å². The van der Waals surface area contributed by atoms with Gasteiger partial charge in [-0.15, -0.1) is 0 Å². The molecule has 0 rings (SSSR count). The molecule has 0 unspecified atom stereocenters. The van der Waals surface area contributed by atoms with Gasteiger partial charge < -0.3 is 10.8 Å². The Kier molecular flexibility index (Phi) is 2.51. The molecule has 0 amide bonds. The summed E-state index contributed by atoms with van der Waals surface area (Å²) in [6, 6.07) is -0.951. The molecule has 3 nitrogen and oxygen atoms in total. The molecule has 0 aromatic rings. The number of carboxylic acid groups (broad SMARTS) is 1. The van der Waals surface area contributed by atoms with Gasteiger partial charge in [0.05, 0.1) is 0 Å². The van der Waals surface area contributed by atoms with Crippen LogP contribution < -0.4 is 5.73 Å². The van der Waals surface area contributed by atoms with Crippen LogP contribution in [0.3, 0.4) is 0 Å². The van der Waals surface area contributed by atoms with Crippen LogP contribution in [0.2, 0.25) is 0 Å². The first-order valence-electron chi connectivity index (χ1n) is 2.54. The summed E-state index contributed by atoms with van der Waals surface area (Å²) in [6.45, 7) is 3.22. The zero-order chi connectivity index (χ0) is 7.65. The average molecular weight is 149 g/mol. The largest absolute Gasteiger partial charge is 1.00 e. The third-order valence-electron chi connectivity index (χ3n) is 1.02. The Morgan fingerprint density at radius 3 is 2.22 bits per heavy atom. The summed E-state index contributed by atoms with van der Waals surface area (Å²) in [5.41, 5.74) is 5.19. The number of hydrogen-bond acceptors (Lipinski definition) is 2. The van der Waals surface area contributed by atoms with Crippen LogP contribution in [0, 0.1) is 0 Å². The molecule has 0 bridgehead atoms. The van der Waals surface area contributed by atoms with Gasteiger partial charge in [-0.05, 0) is 13.8 Å². The summed E-state index contributed by atoms with van der Waals surface area (Å²) in [5.74, 6) is -1.05. The minimum Gasteiger partial charge on any atom is -0.480 e. The van der Waals surface area contributed by atoms with E-state index in [1.54, 1.807) is 13.8 Å². The molecule has 3 N–H and O–H groups in total. The second-order valence-electron chi connectivity index (χ2n) is 2.42. The van der Waals surface area contributed by atoms with E-state index in [1.165, 1.54) is 0 Å². The molecule has 4 heteroatoms. The Labute approximate surface area is 61.1 Å². The van der Waals surface area contributed by atoms with Crippen molar-refractivity contribution in [3.8, 4) is 0 Å². The van der Waals surface area contributed by atoms with Gasteiger partial charge in [-0.25, -0.2) is 0 Å². The van der Waals surface area contributed by atoms with Crippen molar-refractivity contribution in [3.05, 3.63) is 0 Å². The summed E-state index contributed by atoms with van der Waals surface area (Å²) in [5, 5.41) is 8.33. The second kappa shape index (κ2) is 2.58. The van der Waals surface area contributed by atoms with Crippen molar-refractivity contribution in [3.63, 3.8) is 0 Å². The van der Waals surface area contributed by atoms with E-state index in [0.29, 0.717) is 0 Å². The highest BCUT2D eigenvalue weighted by Crippen LogP contribution is 2.15. The van der Waals surface area contributed by atoms with Crippen molar-refractivity contribution in [1.29, 1.82) is 0 Å². The summed E-state index contributed by atoms with van der Waals surface area (Å²) in [4.78, 5) is 10.2. The monoisotopic (exact) mass is 149 g/mol. The van der Waals surface area contributed by atoms with Crippen LogP contribution >= 0.6 is 12.6 Å². The molecule has 53 valence electrons. The van der Waals surface area contributed by atoms with Gasteiger partial charge in [-0.1, -0.05) is 12.6 Å². The molecule has 0 aliphatic heterocycles. The lowest BCUT2D eigenvalue weighted by atomic mass is 10.1. The lowest BCUT2D eigenvalue weighted by molar-refractivity contribution is -0.139.